The van der Waals surface area contributed by atoms with Crippen molar-refractivity contribution in [3.05, 3.63) is 21.4 Å². The third-order valence-electron chi connectivity index (χ3n) is 3.85. The highest BCUT2D eigenvalue weighted by atomic mass is 32.1. The highest BCUT2D eigenvalue weighted by Gasteiger charge is 2.32. The first kappa shape index (κ1) is 14.7. The Morgan fingerprint density at radius 1 is 1.42 bits per heavy atom. The summed E-state index contributed by atoms with van der Waals surface area (Å²) in [6.45, 7) is 5.01. The lowest BCUT2D eigenvalue weighted by Crippen LogP contribution is -2.41. The first-order chi connectivity index (χ1) is 8.89. The number of likely N-dealkylation sites (N-methyl/N-ethyl adjacent to an activating group) is 1. The first-order valence-corrected chi connectivity index (χ1v) is 7.72. The number of aryl methyl sites for hydroxylation is 2. The molecule has 1 N–H and O–H groups in total. The molecule has 0 radical (unpaired) electrons. The summed E-state index contributed by atoms with van der Waals surface area (Å²) in [5.74, 6) is 0.158. The minimum Gasteiger partial charge on any atom is -0.389 e. The maximum absolute atomic E-state index is 12.3. The van der Waals surface area contributed by atoms with Gasteiger partial charge in [0.2, 0.25) is 0 Å². The number of hydrogen-bond donors (Lipinski definition) is 1. The van der Waals surface area contributed by atoms with Crippen molar-refractivity contribution in [3.63, 3.8) is 0 Å². The molecule has 0 saturated heterocycles. The van der Waals surface area contributed by atoms with Gasteiger partial charge in [0.05, 0.1) is 12.1 Å². The first-order valence-electron chi connectivity index (χ1n) is 6.91. The van der Waals surface area contributed by atoms with Crippen LogP contribution in [0.15, 0.2) is 6.07 Å². The van der Waals surface area contributed by atoms with E-state index in [0.717, 1.165) is 36.1 Å². The maximum Gasteiger partial charge on any atom is 0.177 e. The molecule has 1 heterocycles. The van der Waals surface area contributed by atoms with Crippen molar-refractivity contribution in [3.8, 4) is 0 Å². The molecule has 0 unspecified atom stereocenters. The third-order valence-corrected chi connectivity index (χ3v) is 4.82. The third kappa shape index (κ3) is 3.65. The second kappa shape index (κ2) is 5.73. The second-order valence-corrected chi connectivity index (χ2v) is 7.31. The van der Waals surface area contributed by atoms with Crippen molar-refractivity contribution in [2.45, 2.75) is 45.1 Å². The van der Waals surface area contributed by atoms with E-state index >= 15 is 0 Å². The van der Waals surface area contributed by atoms with Crippen molar-refractivity contribution in [2.24, 2.45) is 0 Å². The normalized spacial score (nSPS) is 18.2. The summed E-state index contributed by atoms with van der Waals surface area (Å²) < 4.78 is 0. The molecule has 2 rings (SSSR count). The lowest BCUT2D eigenvalue weighted by Gasteiger charge is -2.28. The molecule has 1 aliphatic rings. The molecule has 0 spiro atoms. The number of thiophene rings is 1. The van der Waals surface area contributed by atoms with Crippen molar-refractivity contribution in [2.75, 3.05) is 20.1 Å². The second-order valence-electron chi connectivity index (χ2n) is 5.85. The Morgan fingerprint density at radius 3 is 2.58 bits per heavy atom. The SMILES string of the molecule is Cc1cc(C(=O)CN(C)CC2(O)CCCC2)c(C)s1. The van der Waals surface area contributed by atoms with E-state index in [1.54, 1.807) is 11.3 Å². The number of carbonyl (C=O) groups is 1. The zero-order valence-electron chi connectivity index (χ0n) is 12.0. The van der Waals surface area contributed by atoms with Gasteiger partial charge in [0.25, 0.3) is 0 Å². The Kier molecular flexibility index (Phi) is 4.43. The fourth-order valence-electron chi connectivity index (χ4n) is 2.99. The van der Waals surface area contributed by atoms with E-state index in [1.165, 1.54) is 4.88 Å². The van der Waals surface area contributed by atoms with E-state index in [1.807, 2.05) is 31.9 Å². The molecular weight excluding hydrogens is 258 g/mol. The topological polar surface area (TPSA) is 40.5 Å². The summed E-state index contributed by atoms with van der Waals surface area (Å²) in [7, 11) is 1.92. The molecule has 19 heavy (non-hydrogen) atoms. The number of rotatable bonds is 5. The maximum atomic E-state index is 12.3. The average molecular weight is 281 g/mol. The van der Waals surface area contributed by atoms with E-state index in [2.05, 4.69) is 0 Å². The smallest absolute Gasteiger partial charge is 0.177 e. The quantitative estimate of drug-likeness (QED) is 0.844. The predicted molar refractivity (Wildman–Crippen MR) is 79.0 cm³/mol. The van der Waals surface area contributed by atoms with E-state index in [9.17, 15) is 9.90 Å². The molecule has 1 fully saturated rings. The van der Waals surface area contributed by atoms with Gasteiger partial charge in [-0.15, -0.1) is 11.3 Å². The summed E-state index contributed by atoms with van der Waals surface area (Å²) in [5.41, 5.74) is 0.266. The van der Waals surface area contributed by atoms with Gasteiger partial charge in [0.1, 0.15) is 0 Å². The van der Waals surface area contributed by atoms with Crippen LogP contribution in [0.4, 0.5) is 0 Å². The van der Waals surface area contributed by atoms with Crippen LogP contribution in [0.3, 0.4) is 0 Å². The molecule has 1 aromatic rings. The summed E-state index contributed by atoms with van der Waals surface area (Å²) in [6.07, 6.45) is 3.92. The van der Waals surface area contributed by atoms with Gasteiger partial charge >= 0.3 is 0 Å². The highest BCUT2D eigenvalue weighted by Crippen LogP contribution is 2.30. The zero-order valence-corrected chi connectivity index (χ0v) is 12.8. The van der Waals surface area contributed by atoms with Gasteiger partial charge < -0.3 is 5.11 Å². The van der Waals surface area contributed by atoms with Crippen LogP contribution in [0.25, 0.3) is 0 Å². The fraction of sp³-hybridized carbons (Fsp3) is 0.667. The van der Waals surface area contributed by atoms with Crippen LogP contribution in [0.2, 0.25) is 0 Å². The van der Waals surface area contributed by atoms with Crippen LogP contribution in [-0.2, 0) is 0 Å². The van der Waals surface area contributed by atoms with Crippen LogP contribution in [0, 0.1) is 13.8 Å². The minimum atomic E-state index is -0.575. The van der Waals surface area contributed by atoms with Crippen molar-refractivity contribution in [1.82, 2.24) is 4.90 Å². The van der Waals surface area contributed by atoms with Gasteiger partial charge in [-0.3, -0.25) is 9.69 Å². The predicted octanol–water partition coefficient (Wildman–Crippen LogP) is 2.78. The van der Waals surface area contributed by atoms with E-state index < -0.39 is 5.60 Å². The Hall–Kier alpha value is -0.710. The molecule has 0 aliphatic heterocycles. The van der Waals surface area contributed by atoms with Crippen LogP contribution < -0.4 is 0 Å². The number of aliphatic hydroxyl groups is 1. The Bertz CT molecular complexity index is 461. The molecular formula is C15H23NO2S. The molecule has 0 aromatic carbocycles. The molecule has 1 aromatic heterocycles. The Labute approximate surface area is 119 Å². The monoisotopic (exact) mass is 281 g/mol. The molecule has 1 saturated carbocycles. The Morgan fingerprint density at radius 2 is 2.05 bits per heavy atom. The van der Waals surface area contributed by atoms with Crippen LogP contribution >= 0.6 is 11.3 Å². The molecule has 106 valence electrons. The standard InChI is InChI=1S/C15H23NO2S/c1-11-8-13(12(2)19-11)14(17)9-16(3)10-15(18)6-4-5-7-15/h8,18H,4-7,9-10H2,1-3H3. The largest absolute Gasteiger partial charge is 0.389 e. The molecule has 1 aliphatic carbocycles. The zero-order chi connectivity index (χ0) is 14.0. The highest BCUT2D eigenvalue weighted by molar-refractivity contribution is 7.12. The van der Waals surface area contributed by atoms with Gasteiger partial charge in [-0.2, -0.15) is 0 Å². The van der Waals surface area contributed by atoms with Crippen LogP contribution in [0.5, 0.6) is 0 Å². The molecule has 0 bridgehead atoms. The van der Waals surface area contributed by atoms with Gasteiger partial charge in [0.15, 0.2) is 5.78 Å². The number of carbonyl (C=O) groups excluding carboxylic acids is 1. The lowest BCUT2D eigenvalue weighted by molar-refractivity contribution is 0.0172. The van der Waals surface area contributed by atoms with Crippen molar-refractivity contribution in [1.29, 1.82) is 0 Å². The van der Waals surface area contributed by atoms with E-state index in [0.29, 0.717) is 13.1 Å². The molecule has 0 amide bonds. The molecule has 3 nitrogen and oxygen atoms in total. The fourth-order valence-corrected chi connectivity index (χ4v) is 3.93. The van der Waals surface area contributed by atoms with Crippen LogP contribution in [-0.4, -0.2) is 41.5 Å². The Balaban J connectivity index is 1.93. The number of Topliss-reactive ketones (excluding diaryl/α,β-unsaturated/α-hetero) is 1. The minimum absolute atomic E-state index is 0.158. The summed E-state index contributed by atoms with van der Waals surface area (Å²) in [4.78, 5) is 16.5. The van der Waals surface area contributed by atoms with E-state index in [4.69, 9.17) is 0 Å². The number of nitrogens with zero attached hydrogens (tertiary/aromatic N) is 1. The van der Waals surface area contributed by atoms with Gasteiger partial charge in [-0.1, -0.05) is 12.8 Å². The van der Waals surface area contributed by atoms with Gasteiger partial charge in [-0.25, -0.2) is 0 Å². The molecule has 0 atom stereocenters. The lowest BCUT2D eigenvalue weighted by atomic mass is 10.0. The number of hydrogen-bond acceptors (Lipinski definition) is 4. The molecule has 4 heteroatoms. The van der Waals surface area contributed by atoms with E-state index in [-0.39, 0.29) is 5.78 Å². The summed E-state index contributed by atoms with van der Waals surface area (Å²) in [5, 5.41) is 10.4. The van der Waals surface area contributed by atoms with Crippen LogP contribution in [0.1, 0.15) is 45.8 Å². The van der Waals surface area contributed by atoms with Gasteiger partial charge in [0, 0.05) is 21.9 Å². The average Bonchev–Trinajstić information content (AvgIpc) is 2.84. The summed E-state index contributed by atoms with van der Waals surface area (Å²) >= 11 is 1.67. The van der Waals surface area contributed by atoms with Crippen molar-refractivity contribution >= 4 is 17.1 Å². The summed E-state index contributed by atoms with van der Waals surface area (Å²) in [6, 6.07) is 1.97. The van der Waals surface area contributed by atoms with Gasteiger partial charge in [-0.05, 0) is 39.8 Å². The van der Waals surface area contributed by atoms with Crippen molar-refractivity contribution < 1.29 is 9.90 Å². The number of ketones is 1.